The first-order chi connectivity index (χ1) is 8.65. The van der Waals surface area contributed by atoms with Gasteiger partial charge in [0.2, 0.25) is 5.91 Å². The minimum atomic E-state index is -0.293. The highest BCUT2D eigenvalue weighted by Crippen LogP contribution is 2.27. The molecule has 1 aliphatic heterocycles. The van der Waals surface area contributed by atoms with E-state index in [9.17, 15) is 4.79 Å². The van der Waals surface area contributed by atoms with Crippen LogP contribution in [0.3, 0.4) is 0 Å². The van der Waals surface area contributed by atoms with E-state index >= 15 is 0 Å². The first-order valence-corrected chi connectivity index (χ1v) is 6.66. The summed E-state index contributed by atoms with van der Waals surface area (Å²) in [7, 11) is 0. The number of hydrogen-bond acceptors (Lipinski definition) is 3. The maximum Gasteiger partial charge on any atom is 0.227 e. The Morgan fingerprint density at radius 1 is 1.67 bits per heavy atom. The zero-order chi connectivity index (χ0) is 13.0. The first-order valence-electron chi connectivity index (χ1n) is 6.66. The molecule has 2 unspecified atom stereocenters. The van der Waals surface area contributed by atoms with Crippen LogP contribution in [0.4, 0.5) is 0 Å². The molecular weight excluding hydrogens is 228 g/mol. The Morgan fingerprint density at radius 3 is 3.06 bits per heavy atom. The fraction of sp³-hybridized carbons (Fsp3) is 0.692. The number of imidazole rings is 1. The topological polar surface area (TPSA) is 69.8 Å². The smallest absolute Gasteiger partial charge is 0.227 e. The monoisotopic (exact) mass is 250 g/mol. The molecule has 0 spiro atoms. The molecule has 1 aliphatic rings. The predicted molar refractivity (Wildman–Crippen MR) is 70.0 cm³/mol. The number of hydrogen-bond donors (Lipinski definition) is 3. The molecule has 5 heteroatoms. The second-order valence-electron chi connectivity index (χ2n) is 5.25. The summed E-state index contributed by atoms with van der Waals surface area (Å²) < 4.78 is 0. The van der Waals surface area contributed by atoms with Crippen LogP contribution >= 0.6 is 0 Å². The quantitative estimate of drug-likeness (QED) is 0.756. The van der Waals surface area contributed by atoms with Crippen LogP contribution in [-0.2, 0) is 4.79 Å². The average molecular weight is 250 g/mol. The molecule has 1 saturated heterocycles. The van der Waals surface area contributed by atoms with Gasteiger partial charge in [0.15, 0.2) is 0 Å². The molecule has 2 rings (SSSR count). The van der Waals surface area contributed by atoms with Gasteiger partial charge in [0, 0.05) is 18.9 Å². The van der Waals surface area contributed by atoms with E-state index in [0.717, 1.165) is 38.2 Å². The number of carbonyl (C=O) groups is 1. The molecule has 0 aliphatic carbocycles. The third-order valence-electron chi connectivity index (χ3n) is 3.71. The van der Waals surface area contributed by atoms with Gasteiger partial charge < -0.3 is 15.6 Å². The van der Waals surface area contributed by atoms with E-state index in [0.29, 0.717) is 0 Å². The Balaban J connectivity index is 2.01. The third kappa shape index (κ3) is 2.72. The van der Waals surface area contributed by atoms with Gasteiger partial charge in [-0.25, -0.2) is 4.98 Å². The predicted octanol–water partition coefficient (Wildman–Crippen LogP) is 1.37. The number of carbonyl (C=O) groups excluding carboxylic acids is 1. The van der Waals surface area contributed by atoms with Gasteiger partial charge in [-0.05, 0) is 32.7 Å². The molecule has 100 valence electrons. The van der Waals surface area contributed by atoms with Gasteiger partial charge in [-0.1, -0.05) is 6.92 Å². The summed E-state index contributed by atoms with van der Waals surface area (Å²) in [6.45, 7) is 5.85. The van der Waals surface area contributed by atoms with Crippen LogP contribution in [0.1, 0.15) is 45.0 Å². The maximum atomic E-state index is 12.4. The van der Waals surface area contributed by atoms with E-state index in [4.69, 9.17) is 0 Å². The molecule has 1 amide bonds. The minimum Gasteiger partial charge on any atom is -0.347 e. The van der Waals surface area contributed by atoms with E-state index in [1.54, 1.807) is 12.4 Å². The lowest BCUT2D eigenvalue weighted by atomic mass is 9.81. The van der Waals surface area contributed by atoms with Crippen LogP contribution < -0.4 is 10.6 Å². The summed E-state index contributed by atoms with van der Waals surface area (Å²) in [6, 6.07) is -0.0220. The molecule has 2 atom stereocenters. The lowest BCUT2D eigenvalue weighted by Crippen LogP contribution is -2.49. The Hall–Kier alpha value is -1.36. The summed E-state index contributed by atoms with van der Waals surface area (Å²) in [5.41, 5.74) is -0.293. The summed E-state index contributed by atoms with van der Waals surface area (Å²) in [5, 5.41) is 6.40. The van der Waals surface area contributed by atoms with Gasteiger partial charge in [0.1, 0.15) is 5.82 Å². The minimum absolute atomic E-state index is 0.0220. The highest BCUT2D eigenvalue weighted by atomic mass is 16.2. The molecule has 1 aromatic rings. The molecule has 0 bridgehead atoms. The summed E-state index contributed by atoms with van der Waals surface area (Å²) in [5.74, 6) is 0.955. The molecule has 3 N–H and O–H groups in total. The van der Waals surface area contributed by atoms with Crippen molar-refractivity contribution in [2.75, 3.05) is 13.1 Å². The normalized spacial score (nSPS) is 25.7. The van der Waals surface area contributed by atoms with Crippen molar-refractivity contribution in [3.63, 3.8) is 0 Å². The number of aromatic nitrogens is 2. The number of rotatable bonds is 4. The molecule has 18 heavy (non-hydrogen) atoms. The molecular formula is C13H22N4O. The van der Waals surface area contributed by atoms with E-state index in [1.807, 2.05) is 6.92 Å². The molecule has 2 heterocycles. The molecule has 0 radical (unpaired) electrons. The fourth-order valence-corrected chi connectivity index (χ4v) is 2.41. The maximum absolute atomic E-state index is 12.4. The van der Waals surface area contributed by atoms with Crippen molar-refractivity contribution >= 4 is 5.91 Å². The molecule has 1 aromatic heterocycles. The summed E-state index contributed by atoms with van der Waals surface area (Å²) in [4.78, 5) is 19.7. The van der Waals surface area contributed by atoms with Crippen LogP contribution in [-0.4, -0.2) is 29.0 Å². The molecule has 0 aromatic carbocycles. The van der Waals surface area contributed by atoms with E-state index in [-0.39, 0.29) is 17.4 Å². The standard InChI is InChI=1S/C13H22N4O/c1-3-10(11-15-7-8-16-11)17-12(18)13(2)5-4-6-14-9-13/h7-8,10,14H,3-6,9H2,1-2H3,(H,15,16)(H,17,18). The van der Waals surface area contributed by atoms with E-state index in [1.165, 1.54) is 0 Å². The lowest BCUT2D eigenvalue weighted by molar-refractivity contribution is -0.132. The third-order valence-corrected chi connectivity index (χ3v) is 3.71. The number of aromatic amines is 1. The van der Waals surface area contributed by atoms with Crippen LogP contribution in [0.25, 0.3) is 0 Å². The van der Waals surface area contributed by atoms with Crippen molar-refractivity contribution in [1.82, 2.24) is 20.6 Å². The van der Waals surface area contributed by atoms with Gasteiger partial charge in [-0.2, -0.15) is 0 Å². The Kier molecular flexibility index (Phi) is 4.01. The number of nitrogens with one attached hydrogen (secondary N) is 3. The van der Waals surface area contributed by atoms with Crippen LogP contribution in [0.5, 0.6) is 0 Å². The number of piperidine rings is 1. The highest BCUT2D eigenvalue weighted by molar-refractivity contribution is 5.83. The van der Waals surface area contributed by atoms with Crippen LogP contribution in [0.2, 0.25) is 0 Å². The van der Waals surface area contributed by atoms with E-state index in [2.05, 4.69) is 27.5 Å². The number of H-pyrrole nitrogens is 1. The lowest BCUT2D eigenvalue weighted by Gasteiger charge is -2.33. The van der Waals surface area contributed by atoms with Crippen molar-refractivity contribution in [3.05, 3.63) is 18.2 Å². The molecule has 0 saturated carbocycles. The van der Waals surface area contributed by atoms with Gasteiger partial charge >= 0.3 is 0 Å². The Labute approximate surface area is 108 Å². The van der Waals surface area contributed by atoms with Gasteiger partial charge in [0.05, 0.1) is 11.5 Å². The van der Waals surface area contributed by atoms with Crippen molar-refractivity contribution in [2.24, 2.45) is 5.41 Å². The Morgan fingerprint density at radius 2 is 2.50 bits per heavy atom. The molecule has 1 fully saturated rings. The summed E-state index contributed by atoms with van der Waals surface area (Å²) >= 11 is 0. The van der Waals surface area contributed by atoms with Crippen LogP contribution in [0, 0.1) is 5.41 Å². The Bertz CT molecular complexity index is 382. The van der Waals surface area contributed by atoms with Crippen LogP contribution in [0.15, 0.2) is 12.4 Å². The number of amides is 1. The van der Waals surface area contributed by atoms with E-state index < -0.39 is 0 Å². The van der Waals surface area contributed by atoms with Crippen molar-refractivity contribution < 1.29 is 4.79 Å². The SMILES string of the molecule is CCC(NC(=O)C1(C)CCCNC1)c1ncc[nH]1. The zero-order valence-corrected chi connectivity index (χ0v) is 11.1. The van der Waals surface area contributed by atoms with Crippen molar-refractivity contribution in [1.29, 1.82) is 0 Å². The zero-order valence-electron chi connectivity index (χ0n) is 11.1. The molecule has 5 nitrogen and oxygen atoms in total. The highest BCUT2D eigenvalue weighted by Gasteiger charge is 2.35. The summed E-state index contributed by atoms with van der Waals surface area (Å²) in [6.07, 6.45) is 6.34. The first kappa shape index (κ1) is 13.1. The fourth-order valence-electron chi connectivity index (χ4n) is 2.41. The second-order valence-corrected chi connectivity index (χ2v) is 5.25. The van der Waals surface area contributed by atoms with Crippen molar-refractivity contribution in [2.45, 2.75) is 39.2 Å². The van der Waals surface area contributed by atoms with Crippen molar-refractivity contribution in [3.8, 4) is 0 Å². The van der Waals surface area contributed by atoms with Gasteiger partial charge in [-0.15, -0.1) is 0 Å². The average Bonchev–Trinajstić information content (AvgIpc) is 2.90. The number of nitrogens with zero attached hydrogens (tertiary/aromatic N) is 1. The second kappa shape index (κ2) is 5.52. The largest absolute Gasteiger partial charge is 0.347 e. The van der Waals surface area contributed by atoms with Gasteiger partial charge in [0.25, 0.3) is 0 Å². The van der Waals surface area contributed by atoms with Gasteiger partial charge in [-0.3, -0.25) is 4.79 Å².